The summed E-state index contributed by atoms with van der Waals surface area (Å²) in [6, 6.07) is 19.5. The Hall–Kier alpha value is -2.37. The van der Waals surface area contributed by atoms with Crippen molar-refractivity contribution in [3.8, 4) is 0 Å². The molecule has 2 aromatic carbocycles. The smallest absolute Gasteiger partial charge is 0.253 e. The molecular weight excluding hydrogens is 372 g/mol. The van der Waals surface area contributed by atoms with Gasteiger partial charge in [-0.2, -0.15) is 0 Å². The van der Waals surface area contributed by atoms with Crippen LogP contribution in [0, 0.1) is 11.8 Å². The zero-order valence-electron chi connectivity index (χ0n) is 18.1. The average Bonchev–Trinajstić information content (AvgIpc) is 3.31. The Balaban J connectivity index is 1.26. The zero-order chi connectivity index (χ0) is 20.7. The molecule has 3 saturated heterocycles. The van der Waals surface area contributed by atoms with Crippen molar-refractivity contribution >= 4 is 11.6 Å². The van der Waals surface area contributed by atoms with Crippen LogP contribution in [-0.2, 0) is 0 Å². The number of fused-ring (bicyclic) bond motifs is 1. The van der Waals surface area contributed by atoms with Gasteiger partial charge in [-0.15, -0.1) is 0 Å². The van der Waals surface area contributed by atoms with Crippen molar-refractivity contribution in [2.45, 2.75) is 6.04 Å². The normalized spacial score (nSPS) is 27.5. The second-order valence-electron chi connectivity index (χ2n) is 9.27. The number of hydrogen-bond donors (Lipinski definition) is 0. The molecule has 0 radical (unpaired) electrons. The number of carbonyl (C=O) groups is 1. The molecule has 0 bridgehead atoms. The van der Waals surface area contributed by atoms with E-state index in [0.717, 1.165) is 51.4 Å². The predicted octanol–water partition coefficient (Wildman–Crippen LogP) is 2.81. The molecule has 0 spiro atoms. The largest absolute Gasteiger partial charge is 0.369 e. The number of benzene rings is 2. The van der Waals surface area contributed by atoms with Gasteiger partial charge >= 0.3 is 0 Å². The molecule has 5 nitrogen and oxygen atoms in total. The monoisotopic (exact) mass is 404 g/mol. The van der Waals surface area contributed by atoms with Crippen molar-refractivity contribution in [3.05, 3.63) is 65.7 Å². The van der Waals surface area contributed by atoms with Gasteiger partial charge in [0.2, 0.25) is 0 Å². The van der Waals surface area contributed by atoms with E-state index in [9.17, 15) is 4.79 Å². The van der Waals surface area contributed by atoms with Crippen LogP contribution in [0.1, 0.15) is 22.0 Å². The van der Waals surface area contributed by atoms with Crippen LogP contribution in [0.4, 0.5) is 5.69 Å². The summed E-state index contributed by atoms with van der Waals surface area (Å²) >= 11 is 0. The van der Waals surface area contributed by atoms with Crippen molar-refractivity contribution in [3.63, 3.8) is 0 Å². The first kappa shape index (κ1) is 19.6. The second kappa shape index (κ2) is 8.05. The summed E-state index contributed by atoms with van der Waals surface area (Å²) in [5, 5.41) is 0. The molecule has 0 aliphatic carbocycles. The van der Waals surface area contributed by atoms with Crippen molar-refractivity contribution < 1.29 is 4.79 Å². The van der Waals surface area contributed by atoms with Crippen LogP contribution in [0.15, 0.2) is 54.6 Å². The number of piperazine rings is 1. The fraction of sp³-hybridized carbons (Fsp3) is 0.480. The molecule has 0 aromatic heterocycles. The topological polar surface area (TPSA) is 30.0 Å². The third-order valence-electron chi connectivity index (χ3n) is 7.31. The summed E-state index contributed by atoms with van der Waals surface area (Å²) in [7, 11) is 4.39. The van der Waals surface area contributed by atoms with Crippen LogP contribution in [0.25, 0.3) is 0 Å². The highest BCUT2D eigenvalue weighted by Crippen LogP contribution is 2.44. The Kier molecular flexibility index (Phi) is 5.25. The molecule has 2 aromatic rings. The number of anilines is 1. The molecule has 0 N–H and O–H groups in total. The first-order valence-corrected chi connectivity index (χ1v) is 11.2. The standard InChI is InChI=1S/C25H32N4O/c1-26-12-14-28(15-13-26)22-10-8-20(9-11-22)25(30)29-17-21-16-27(2)24(23(21)18-29)19-6-4-3-5-7-19/h3-11,21,23-24H,12-18H2,1-2H3/t21-,23+,24-/m0/s1. The number of nitrogens with zero attached hydrogens (tertiary/aromatic N) is 4. The first-order chi connectivity index (χ1) is 14.6. The van der Waals surface area contributed by atoms with Gasteiger partial charge in [-0.05, 0) is 49.8 Å². The van der Waals surface area contributed by atoms with Crippen molar-refractivity contribution in [2.75, 3.05) is 64.8 Å². The minimum absolute atomic E-state index is 0.184. The van der Waals surface area contributed by atoms with Gasteiger partial charge in [0.1, 0.15) is 0 Å². The fourth-order valence-electron chi connectivity index (χ4n) is 5.64. The Bertz CT molecular complexity index is 876. The Labute approximate surface area is 179 Å². The van der Waals surface area contributed by atoms with Crippen LogP contribution in [0.3, 0.4) is 0 Å². The van der Waals surface area contributed by atoms with Gasteiger partial charge in [0.05, 0.1) is 0 Å². The molecule has 3 aliphatic rings. The molecule has 5 rings (SSSR count). The van der Waals surface area contributed by atoms with Crippen molar-refractivity contribution in [1.29, 1.82) is 0 Å². The summed E-state index contributed by atoms with van der Waals surface area (Å²) in [6.45, 7) is 7.07. The van der Waals surface area contributed by atoms with Gasteiger partial charge in [-0.1, -0.05) is 30.3 Å². The summed E-state index contributed by atoms with van der Waals surface area (Å²) in [6.07, 6.45) is 0. The molecule has 0 unspecified atom stereocenters. The molecule has 1 amide bonds. The predicted molar refractivity (Wildman–Crippen MR) is 121 cm³/mol. The summed E-state index contributed by atoms with van der Waals surface area (Å²) in [5.41, 5.74) is 3.42. The highest BCUT2D eigenvalue weighted by molar-refractivity contribution is 5.94. The second-order valence-corrected chi connectivity index (χ2v) is 9.27. The van der Waals surface area contributed by atoms with Gasteiger partial charge in [0.25, 0.3) is 5.91 Å². The van der Waals surface area contributed by atoms with Crippen LogP contribution in [0.5, 0.6) is 0 Å². The number of rotatable bonds is 3. The van der Waals surface area contributed by atoms with Crippen LogP contribution >= 0.6 is 0 Å². The van der Waals surface area contributed by atoms with Gasteiger partial charge in [0.15, 0.2) is 0 Å². The van der Waals surface area contributed by atoms with E-state index in [1.54, 1.807) is 0 Å². The third-order valence-corrected chi connectivity index (χ3v) is 7.31. The highest BCUT2D eigenvalue weighted by Gasteiger charge is 2.47. The van der Waals surface area contributed by atoms with E-state index in [-0.39, 0.29) is 5.91 Å². The van der Waals surface area contributed by atoms with Crippen LogP contribution in [-0.4, -0.2) is 80.5 Å². The van der Waals surface area contributed by atoms with Gasteiger partial charge in [-0.3, -0.25) is 9.69 Å². The minimum Gasteiger partial charge on any atom is -0.369 e. The number of likely N-dealkylation sites (N-methyl/N-ethyl adjacent to an activating group) is 1. The van der Waals surface area contributed by atoms with E-state index < -0.39 is 0 Å². The van der Waals surface area contributed by atoms with E-state index in [2.05, 4.69) is 76.2 Å². The number of likely N-dealkylation sites (tertiary alicyclic amines) is 2. The summed E-state index contributed by atoms with van der Waals surface area (Å²) in [4.78, 5) is 22.6. The summed E-state index contributed by atoms with van der Waals surface area (Å²) < 4.78 is 0. The third kappa shape index (κ3) is 3.61. The van der Waals surface area contributed by atoms with E-state index >= 15 is 0 Å². The first-order valence-electron chi connectivity index (χ1n) is 11.2. The number of carbonyl (C=O) groups excluding carboxylic acids is 1. The fourth-order valence-corrected chi connectivity index (χ4v) is 5.64. The summed E-state index contributed by atoms with van der Waals surface area (Å²) in [5.74, 6) is 1.27. The van der Waals surface area contributed by atoms with Crippen LogP contribution in [0.2, 0.25) is 0 Å². The maximum atomic E-state index is 13.2. The number of hydrogen-bond acceptors (Lipinski definition) is 4. The molecule has 3 atom stereocenters. The van der Waals surface area contributed by atoms with Crippen LogP contribution < -0.4 is 4.90 Å². The SMILES string of the molecule is CN1CCN(c2ccc(C(=O)N3C[C@@H]4CN(C)[C@@H](c5ccccc5)[C@@H]4C3)cc2)CC1. The molecule has 3 aliphatic heterocycles. The Morgan fingerprint density at radius 1 is 0.833 bits per heavy atom. The van der Waals surface area contributed by atoms with E-state index in [1.165, 1.54) is 11.3 Å². The van der Waals surface area contributed by atoms with Crippen molar-refractivity contribution in [1.82, 2.24) is 14.7 Å². The zero-order valence-corrected chi connectivity index (χ0v) is 18.1. The van der Waals surface area contributed by atoms with E-state index in [4.69, 9.17) is 0 Å². The lowest BCUT2D eigenvalue weighted by Crippen LogP contribution is -2.44. The Morgan fingerprint density at radius 3 is 2.23 bits per heavy atom. The minimum atomic E-state index is 0.184. The van der Waals surface area contributed by atoms with Gasteiger partial charge in [-0.25, -0.2) is 0 Å². The lowest BCUT2D eigenvalue weighted by Gasteiger charge is -2.34. The van der Waals surface area contributed by atoms with Crippen molar-refractivity contribution in [2.24, 2.45) is 11.8 Å². The van der Waals surface area contributed by atoms with E-state index in [1.807, 2.05) is 12.1 Å². The average molecular weight is 405 g/mol. The number of amides is 1. The molecule has 3 heterocycles. The maximum absolute atomic E-state index is 13.2. The molecule has 5 heteroatoms. The molecule has 30 heavy (non-hydrogen) atoms. The van der Waals surface area contributed by atoms with Gasteiger partial charge in [0, 0.05) is 69.0 Å². The Morgan fingerprint density at radius 2 is 1.53 bits per heavy atom. The van der Waals surface area contributed by atoms with E-state index in [0.29, 0.717) is 17.9 Å². The molecular formula is C25H32N4O. The van der Waals surface area contributed by atoms with Gasteiger partial charge < -0.3 is 14.7 Å². The molecule has 158 valence electrons. The quantitative estimate of drug-likeness (QED) is 0.787. The highest BCUT2D eigenvalue weighted by atomic mass is 16.2. The molecule has 0 saturated carbocycles. The lowest BCUT2D eigenvalue weighted by atomic mass is 9.90. The lowest BCUT2D eigenvalue weighted by molar-refractivity contribution is 0.0768. The molecule has 3 fully saturated rings. The maximum Gasteiger partial charge on any atom is 0.253 e.